The Labute approximate surface area is 176 Å². The molecular formula is C23H26ClN3O2. The molecule has 1 aliphatic heterocycles. The number of hydrogen-bond donors (Lipinski definition) is 1. The fourth-order valence-electron chi connectivity index (χ4n) is 4.21. The molecular weight excluding hydrogens is 386 g/mol. The normalized spacial score (nSPS) is 19.1. The molecule has 6 heteroatoms. The molecule has 1 N–H and O–H groups in total. The second-order valence-corrected chi connectivity index (χ2v) is 8.35. The highest BCUT2D eigenvalue weighted by atomic mass is 35.5. The predicted octanol–water partition coefficient (Wildman–Crippen LogP) is 3.55. The summed E-state index contributed by atoms with van der Waals surface area (Å²) >= 11 is 5.99. The molecule has 4 rings (SSSR count). The molecule has 0 saturated carbocycles. The molecule has 2 aromatic rings. The van der Waals surface area contributed by atoms with Crippen LogP contribution in [0.1, 0.15) is 24.5 Å². The van der Waals surface area contributed by atoms with Gasteiger partial charge in [-0.1, -0.05) is 17.7 Å². The van der Waals surface area contributed by atoms with Crippen LogP contribution >= 0.6 is 11.6 Å². The molecule has 1 fully saturated rings. The van der Waals surface area contributed by atoms with E-state index in [-0.39, 0.29) is 18.5 Å². The molecule has 29 heavy (non-hydrogen) atoms. The van der Waals surface area contributed by atoms with Crippen LogP contribution in [0.5, 0.6) is 0 Å². The molecule has 1 aliphatic carbocycles. The van der Waals surface area contributed by atoms with E-state index in [0.29, 0.717) is 31.7 Å². The van der Waals surface area contributed by atoms with Gasteiger partial charge in [-0.25, -0.2) is 0 Å². The minimum Gasteiger partial charge on any atom is -0.376 e. The Morgan fingerprint density at radius 3 is 2.66 bits per heavy atom. The average Bonchev–Trinajstić information content (AvgIpc) is 2.72. The third kappa shape index (κ3) is 4.56. The third-order valence-corrected chi connectivity index (χ3v) is 6.10. The van der Waals surface area contributed by atoms with Crippen LogP contribution in [0.15, 0.2) is 42.5 Å². The van der Waals surface area contributed by atoms with Gasteiger partial charge in [0, 0.05) is 54.9 Å². The zero-order valence-corrected chi connectivity index (χ0v) is 17.4. The van der Waals surface area contributed by atoms with Crippen LogP contribution in [0.2, 0.25) is 5.02 Å². The largest absolute Gasteiger partial charge is 0.376 e. The van der Waals surface area contributed by atoms with Crippen LogP contribution in [0.25, 0.3) is 0 Å². The van der Waals surface area contributed by atoms with Gasteiger partial charge in [-0.2, -0.15) is 0 Å². The summed E-state index contributed by atoms with van der Waals surface area (Å²) in [6, 6.07) is 14.2. The van der Waals surface area contributed by atoms with E-state index < -0.39 is 0 Å². The molecule has 1 heterocycles. The van der Waals surface area contributed by atoms with Gasteiger partial charge >= 0.3 is 0 Å². The van der Waals surface area contributed by atoms with Crippen molar-refractivity contribution < 1.29 is 9.59 Å². The second-order valence-electron chi connectivity index (χ2n) is 7.91. The van der Waals surface area contributed by atoms with Crippen molar-refractivity contribution in [2.75, 3.05) is 36.4 Å². The molecule has 0 bridgehead atoms. The van der Waals surface area contributed by atoms with Crippen molar-refractivity contribution >= 4 is 34.7 Å². The van der Waals surface area contributed by atoms with Crippen molar-refractivity contribution in [3.05, 3.63) is 58.6 Å². The maximum Gasteiger partial charge on any atom is 0.242 e. The number of anilines is 2. The number of carbonyl (C=O) groups excluding carboxylic acids is 2. The summed E-state index contributed by atoms with van der Waals surface area (Å²) in [4.78, 5) is 28.5. The summed E-state index contributed by atoms with van der Waals surface area (Å²) in [6.07, 6.45) is 1.94. The van der Waals surface area contributed by atoms with Gasteiger partial charge in [0.05, 0.1) is 6.54 Å². The van der Waals surface area contributed by atoms with Crippen LogP contribution in [0, 0.1) is 0 Å². The van der Waals surface area contributed by atoms with Gasteiger partial charge in [0.15, 0.2) is 0 Å². The van der Waals surface area contributed by atoms with Gasteiger partial charge in [-0.3, -0.25) is 9.59 Å². The van der Waals surface area contributed by atoms with E-state index in [9.17, 15) is 9.59 Å². The molecule has 152 valence electrons. The zero-order valence-electron chi connectivity index (χ0n) is 16.7. The highest BCUT2D eigenvalue weighted by Crippen LogP contribution is 2.24. The molecule has 5 nitrogen and oxygen atoms in total. The standard InChI is InChI=1S/C23H26ClN3O2/c1-16-15-26(10-11-27(16)21-7-4-19(24)5-8-21)23(29)14-25-20-6-2-18-13-22(28)9-3-17(18)12-20/h2,4-8,12,16,25H,3,9-11,13-15H2,1H3/t16-/m1/s1. The predicted molar refractivity (Wildman–Crippen MR) is 117 cm³/mol. The number of hydrogen-bond acceptors (Lipinski definition) is 4. The topological polar surface area (TPSA) is 52.7 Å². The lowest BCUT2D eigenvalue weighted by atomic mass is 9.90. The number of piperazine rings is 1. The summed E-state index contributed by atoms with van der Waals surface area (Å²) in [5.74, 6) is 0.417. The van der Waals surface area contributed by atoms with E-state index in [1.807, 2.05) is 41.3 Å². The highest BCUT2D eigenvalue weighted by Gasteiger charge is 2.26. The number of ketones is 1. The Kier molecular flexibility index (Phi) is 5.76. The number of aryl methyl sites for hydroxylation is 1. The molecule has 1 atom stereocenters. The van der Waals surface area contributed by atoms with Crippen molar-refractivity contribution in [2.24, 2.45) is 0 Å². The first-order chi connectivity index (χ1) is 14.0. The number of halogens is 1. The monoisotopic (exact) mass is 411 g/mol. The second kappa shape index (κ2) is 8.46. The number of rotatable bonds is 4. The summed E-state index contributed by atoms with van der Waals surface area (Å²) in [7, 11) is 0. The number of nitrogens with one attached hydrogen (secondary N) is 1. The van der Waals surface area contributed by atoms with Crippen molar-refractivity contribution in [2.45, 2.75) is 32.2 Å². The number of fused-ring (bicyclic) bond motifs is 1. The fraction of sp³-hybridized carbons (Fsp3) is 0.391. The van der Waals surface area contributed by atoms with Crippen LogP contribution < -0.4 is 10.2 Å². The van der Waals surface area contributed by atoms with E-state index in [2.05, 4.69) is 23.2 Å². The van der Waals surface area contributed by atoms with Crippen LogP contribution in [-0.4, -0.2) is 48.8 Å². The van der Waals surface area contributed by atoms with Crippen LogP contribution in [-0.2, 0) is 22.4 Å². The van der Waals surface area contributed by atoms with Gasteiger partial charge < -0.3 is 15.1 Å². The lowest BCUT2D eigenvalue weighted by molar-refractivity contribution is -0.130. The average molecular weight is 412 g/mol. The van der Waals surface area contributed by atoms with Crippen molar-refractivity contribution in [3.8, 4) is 0 Å². The quantitative estimate of drug-likeness (QED) is 0.836. The van der Waals surface area contributed by atoms with Gasteiger partial charge in [0.1, 0.15) is 5.78 Å². The van der Waals surface area contributed by atoms with Crippen molar-refractivity contribution in [1.82, 2.24) is 4.90 Å². The van der Waals surface area contributed by atoms with E-state index in [0.717, 1.165) is 34.9 Å². The molecule has 1 amide bonds. The maximum absolute atomic E-state index is 12.7. The smallest absolute Gasteiger partial charge is 0.242 e. The lowest BCUT2D eigenvalue weighted by Gasteiger charge is -2.41. The van der Waals surface area contributed by atoms with Gasteiger partial charge in [-0.05, 0) is 60.9 Å². The summed E-state index contributed by atoms with van der Waals surface area (Å²) < 4.78 is 0. The Hall–Kier alpha value is -2.53. The molecule has 2 aliphatic rings. The van der Waals surface area contributed by atoms with E-state index in [1.165, 1.54) is 5.56 Å². The number of Topliss-reactive ketones (excluding diaryl/α,β-unsaturated/α-hetero) is 1. The zero-order chi connectivity index (χ0) is 20.4. The first-order valence-corrected chi connectivity index (χ1v) is 10.5. The molecule has 0 spiro atoms. The van der Waals surface area contributed by atoms with Gasteiger partial charge in [0.2, 0.25) is 5.91 Å². The lowest BCUT2D eigenvalue weighted by Crippen LogP contribution is -2.54. The van der Waals surface area contributed by atoms with E-state index in [1.54, 1.807) is 0 Å². The third-order valence-electron chi connectivity index (χ3n) is 5.85. The van der Waals surface area contributed by atoms with Crippen LogP contribution in [0.4, 0.5) is 11.4 Å². The minimum absolute atomic E-state index is 0.112. The van der Waals surface area contributed by atoms with E-state index in [4.69, 9.17) is 11.6 Å². The summed E-state index contributed by atoms with van der Waals surface area (Å²) in [6.45, 7) is 4.65. The van der Waals surface area contributed by atoms with Gasteiger partial charge in [0.25, 0.3) is 0 Å². The number of benzene rings is 2. The Morgan fingerprint density at radius 1 is 1.10 bits per heavy atom. The Balaban J connectivity index is 1.32. The van der Waals surface area contributed by atoms with Crippen molar-refractivity contribution in [1.29, 1.82) is 0 Å². The first kappa shape index (κ1) is 19.8. The molecule has 0 unspecified atom stereocenters. The van der Waals surface area contributed by atoms with E-state index >= 15 is 0 Å². The fourth-order valence-corrected chi connectivity index (χ4v) is 4.33. The summed E-state index contributed by atoms with van der Waals surface area (Å²) in [5.41, 5.74) is 4.41. The Bertz CT molecular complexity index is 913. The number of carbonyl (C=O) groups is 2. The summed E-state index contributed by atoms with van der Waals surface area (Å²) in [5, 5.41) is 3.99. The molecule has 0 aromatic heterocycles. The van der Waals surface area contributed by atoms with Gasteiger partial charge in [-0.15, -0.1) is 0 Å². The highest BCUT2D eigenvalue weighted by molar-refractivity contribution is 6.30. The SMILES string of the molecule is C[C@@H]1CN(C(=O)CNc2ccc3c(c2)CCC(=O)C3)CCN1c1ccc(Cl)cc1. The molecule has 2 aromatic carbocycles. The number of amides is 1. The minimum atomic E-state index is 0.112. The Morgan fingerprint density at radius 2 is 1.90 bits per heavy atom. The number of nitrogens with zero attached hydrogens (tertiary/aromatic N) is 2. The van der Waals surface area contributed by atoms with Crippen LogP contribution in [0.3, 0.4) is 0 Å². The molecule has 0 radical (unpaired) electrons. The maximum atomic E-state index is 12.7. The van der Waals surface area contributed by atoms with Crippen molar-refractivity contribution in [3.63, 3.8) is 0 Å². The molecule has 1 saturated heterocycles. The first-order valence-electron chi connectivity index (χ1n) is 10.2.